The number of imidazole rings is 1. The van der Waals surface area contributed by atoms with E-state index in [9.17, 15) is 4.79 Å². The molecule has 0 aliphatic carbocycles. The van der Waals surface area contributed by atoms with Gasteiger partial charge in [-0.2, -0.15) is 0 Å². The zero-order valence-corrected chi connectivity index (χ0v) is 17.1. The van der Waals surface area contributed by atoms with Crippen LogP contribution in [0.25, 0.3) is 11.0 Å². The maximum absolute atomic E-state index is 13.3. The summed E-state index contributed by atoms with van der Waals surface area (Å²) in [4.78, 5) is 19.8. The molecule has 2 aromatic heterocycles. The minimum atomic E-state index is 0.00252. The fourth-order valence-electron chi connectivity index (χ4n) is 4.25. The lowest BCUT2D eigenvalue weighted by Crippen LogP contribution is -2.39. The Kier molecular flexibility index (Phi) is 5.25. The molecule has 5 nitrogen and oxygen atoms in total. The van der Waals surface area contributed by atoms with Crippen molar-refractivity contribution in [1.82, 2.24) is 14.5 Å². The van der Waals surface area contributed by atoms with Crippen LogP contribution < -0.4 is 0 Å². The van der Waals surface area contributed by atoms with Gasteiger partial charge in [0.05, 0.1) is 0 Å². The zero-order chi connectivity index (χ0) is 19.7. The van der Waals surface area contributed by atoms with Crippen molar-refractivity contribution in [1.29, 1.82) is 0 Å². The molecule has 0 saturated carbocycles. The summed E-state index contributed by atoms with van der Waals surface area (Å²) in [6.07, 6.45) is 8.34. The Labute approximate surface area is 166 Å². The van der Waals surface area contributed by atoms with Crippen LogP contribution in [-0.2, 0) is 6.54 Å². The maximum Gasteiger partial charge on any atom is 0.289 e. The van der Waals surface area contributed by atoms with E-state index in [2.05, 4.69) is 35.7 Å². The number of carbonyl (C=O) groups is 1. The minimum absolute atomic E-state index is 0.00252. The quantitative estimate of drug-likeness (QED) is 0.622. The first-order valence-electron chi connectivity index (χ1n) is 10.4. The van der Waals surface area contributed by atoms with E-state index in [0.29, 0.717) is 12.3 Å². The third kappa shape index (κ3) is 3.46. The van der Waals surface area contributed by atoms with Crippen LogP contribution in [0.15, 0.2) is 35.0 Å². The summed E-state index contributed by atoms with van der Waals surface area (Å²) >= 11 is 0. The van der Waals surface area contributed by atoms with Crippen molar-refractivity contribution in [3.05, 3.63) is 53.3 Å². The molecule has 148 valence electrons. The highest BCUT2D eigenvalue weighted by molar-refractivity contribution is 5.99. The number of rotatable bonds is 5. The van der Waals surface area contributed by atoms with E-state index >= 15 is 0 Å². The molecule has 4 rings (SSSR count). The van der Waals surface area contributed by atoms with E-state index < -0.39 is 0 Å². The first kappa shape index (κ1) is 18.8. The van der Waals surface area contributed by atoms with Crippen LogP contribution in [0.2, 0.25) is 0 Å². The van der Waals surface area contributed by atoms with Gasteiger partial charge in [-0.15, -0.1) is 0 Å². The predicted octanol–water partition coefficient (Wildman–Crippen LogP) is 5.07. The van der Waals surface area contributed by atoms with Crippen LogP contribution in [0.4, 0.5) is 0 Å². The third-order valence-corrected chi connectivity index (χ3v) is 5.86. The van der Waals surface area contributed by atoms with Crippen LogP contribution in [0.1, 0.15) is 66.0 Å². The summed E-state index contributed by atoms with van der Waals surface area (Å²) in [7, 11) is 0. The largest absolute Gasteiger partial charge is 0.451 e. The van der Waals surface area contributed by atoms with Crippen molar-refractivity contribution in [2.75, 3.05) is 13.1 Å². The monoisotopic (exact) mass is 379 g/mol. The summed E-state index contributed by atoms with van der Waals surface area (Å²) in [5, 5.41) is 1.03. The molecule has 0 N–H and O–H groups in total. The second-order valence-corrected chi connectivity index (χ2v) is 7.98. The van der Waals surface area contributed by atoms with Gasteiger partial charge < -0.3 is 13.9 Å². The first-order valence-corrected chi connectivity index (χ1v) is 10.4. The third-order valence-electron chi connectivity index (χ3n) is 5.86. The van der Waals surface area contributed by atoms with E-state index in [1.165, 1.54) is 5.56 Å². The van der Waals surface area contributed by atoms with Gasteiger partial charge in [-0.25, -0.2) is 4.98 Å². The lowest BCUT2D eigenvalue weighted by Gasteiger charge is -2.32. The number of likely N-dealkylation sites (tertiary alicyclic amines) is 1. The van der Waals surface area contributed by atoms with Crippen LogP contribution in [0.3, 0.4) is 0 Å². The molecule has 0 unspecified atom stereocenters. The van der Waals surface area contributed by atoms with Crippen molar-refractivity contribution >= 4 is 16.9 Å². The predicted molar refractivity (Wildman–Crippen MR) is 111 cm³/mol. The fraction of sp³-hybridized carbons (Fsp3) is 0.478. The van der Waals surface area contributed by atoms with Crippen molar-refractivity contribution < 1.29 is 9.21 Å². The maximum atomic E-state index is 13.3. The Hall–Kier alpha value is -2.56. The van der Waals surface area contributed by atoms with Gasteiger partial charge >= 0.3 is 0 Å². The van der Waals surface area contributed by atoms with Crippen LogP contribution in [0.5, 0.6) is 0 Å². The van der Waals surface area contributed by atoms with E-state index in [-0.39, 0.29) is 11.8 Å². The molecule has 28 heavy (non-hydrogen) atoms. The van der Waals surface area contributed by atoms with Crippen LogP contribution in [0, 0.1) is 13.8 Å². The van der Waals surface area contributed by atoms with Gasteiger partial charge in [0.15, 0.2) is 5.76 Å². The number of nitrogens with zero attached hydrogens (tertiary/aromatic N) is 3. The highest BCUT2D eigenvalue weighted by atomic mass is 16.3. The van der Waals surface area contributed by atoms with Gasteiger partial charge in [0.1, 0.15) is 11.4 Å². The molecular weight excluding hydrogens is 350 g/mol. The Morgan fingerprint density at radius 2 is 2.18 bits per heavy atom. The number of furan rings is 1. The van der Waals surface area contributed by atoms with Gasteiger partial charge in [0.2, 0.25) is 0 Å². The number of hydrogen-bond acceptors (Lipinski definition) is 3. The fourth-order valence-corrected chi connectivity index (χ4v) is 4.25. The molecular formula is C23H29N3O2. The molecule has 1 amide bonds. The van der Waals surface area contributed by atoms with Crippen LogP contribution in [-0.4, -0.2) is 33.4 Å². The van der Waals surface area contributed by atoms with E-state index in [4.69, 9.17) is 4.42 Å². The average Bonchev–Trinajstić information content (AvgIpc) is 3.31. The van der Waals surface area contributed by atoms with Crippen LogP contribution >= 0.6 is 0 Å². The van der Waals surface area contributed by atoms with Crippen molar-refractivity contribution in [3.8, 4) is 0 Å². The van der Waals surface area contributed by atoms with Gasteiger partial charge in [0.25, 0.3) is 5.91 Å². The summed E-state index contributed by atoms with van der Waals surface area (Å²) < 4.78 is 8.22. The average molecular weight is 380 g/mol. The lowest BCUT2D eigenvalue weighted by molar-refractivity contribution is 0.0672. The summed E-state index contributed by atoms with van der Waals surface area (Å²) in [6, 6.07) is 6.07. The Bertz CT molecular complexity index is 985. The van der Waals surface area contributed by atoms with E-state index in [1.807, 2.05) is 30.2 Å². The topological polar surface area (TPSA) is 51.3 Å². The normalized spacial score (nSPS) is 17.4. The number of aromatic nitrogens is 2. The number of benzene rings is 1. The first-order chi connectivity index (χ1) is 13.6. The van der Waals surface area contributed by atoms with Gasteiger partial charge in [-0.05, 0) is 45.2 Å². The SMILES string of the molecule is CCCCn1ccnc1[C@@H]1CCCN(C(=O)c2oc3ccc(C)cc3c2C)C1. The van der Waals surface area contributed by atoms with Crippen molar-refractivity contribution in [3.63, 3.8) is 0 Å². The lowest BCUT2D eigenvalue weighted by atomic mass is 9.96. The zero-order valence-electron chi connectivity index (χ0n) is 17.1. The van der Waals surface area contributed by atoms with Crippen molar-refractivity contribution in [2.45, 2.75) is 58.9 Å². The molecule has 3 heterocycles. The molecule has 1 aliphatic rings. The second-order valence-electron chi connectivity index (χ2n) is 7.98. The minimum Gasteiger partial charge on any atom is -0.451 e. The molecule has 1 aliphatic heterocycles. The molecule has 3 aromatic rings. The van der Waals surface area contributed by atoms with E-state index in [0.717, 1.165) is 61.1 Å². The molecule has 0 radical (unpaired) electrons. The summed E-state index contributed by atoms with van der Waals surface area (Å²) in [5.74, 6) is 1.89. The molecule has 0 spiro atoms. The highest BCUT2D eigenvalue weighted by Gasteiger charge is 2.30. The molecule has 1 atom stereocenters. The molecule has 0 bridgehead atoms. The summed E-state index contributed by atoms with van der Waals surface area (Å²) in [5.41, 5.74) is 2.90. The Balaban J connectivity index is 1.56. The number of carbonyl (C=O) groups excluding carboxylic acids is 1. The summed E-state index contributed by atoms with van der Waals surface area (Å²) in [6.45, 7) is 8.73. The van der Waals surface area contributed by atoms with Gasteiger partial charge in [-0.3, -0.25) is 4.79 Å². The second kappa shape index (κ2) is 7.82. The number of aryl methyl sites for hydroxylation is 3. The highest BCUT2D eigenvalue weighted by Crippen LogP contribution is 2.30. The molecule has 1 fully saturated rings. The van der Waals surface area contributed by atoms with E-state index in [1.54, 1.807) is 0 Å². The smallest absolute Gasteiger partial charge is 0.289 e. The Morgan fingerprint density at radius 3 is 3.00 bits per heavy atom. The number of hydrogen-bond donors (Lipinski definition) is 0. The number of piperidine rings is 1. The molecule has 1 aromatic carbocycles. The molecule has 1 saturated heterocycles. The standard InChI is InChI=1S/C23H29N3O2/c1-4-5-11-25-13-10-24-22(25)18-7-6-12-26(15-18)23(27)21-17(3)19-14-16(2)8-9-20(19)28-21/h8-10,13-14,18H,4-7,11-12,15H2,1-3H3/t18-/m1/s1. The van der Waals surface area contributed by atoms with Gasteiger partial charge in [0, 0.05) is 48.9 Å². The van der Waals surface area contributed by atoms with Gasteiger partial charge in [-0.1, -0.05) is 25.0 Å². The number of fused-ring (bicyclic) bond motifs is 1. The van der Waals surface area contributed by atoms with Crippen molar-refractivity contribution in [2.24, 2.45) is 0 Å². The number of unbranched alkanes of at least 4 members (excludes halogenated alkanes) is 1. The Morgan fingerprint density at radius 1 is 1.32 bits per heavy atom. The molecule has 5 heteroatoms. The number of amides is 1.